The molecule has 0 aliphatic heterocycles. The van der Waals surface area contributed by atoms with Gasteiger partial charge in [-0.1, -0.05) is 145 Å². The second-order valence-corrected chi connectivity index (χ2v) is 13.7. The lowest BCUT2D eigenvalue weighted by Gasteiger charge is -2.09. The van der Waals surface area contributed by atoms with E-state index in [0.29, 0.717) is 39.7 Å². The third kappa shape index (κ3) is 5.37. The van der Waals surface area contributed by atoms with Crippen molar-refractivity contribution in [1.29, 1.82) is 0 Å². The van der Waals surface area contributed by atoms with Crippen molar-refractivity contribution in [3.8, 4) is 62.1 Å². The Morgan fingerprint density at radius 3 is 1.82 bits per heavy atom. The quantitative estimate of drug-likeness (QED) is 0.172. The summed E-state index contributed by atoms with van der Waals surface area (Å²) in [5.41, 5.74) is 9.75. The van der Waals surface area contributed by atoms with Gasteiger partial charge in [-0.3, -0.25) is 0 Å². The zero-order valence-electron chi connectivity index (χ0n) is 34.8. The van der Waals surface area contributed by atoms with E-state index in [0.717, 1.165) is 49.8 Å². The molecule has 0 bridgehead atoms. The van der Waals surface area contributed by atoms with E-state index in [4.69, 9.17) is 26.2 Å². The molecule has 8 aromatic carbocycles. The number of hydrogen-bond donors (Lipinski definition) is 0. The van der Waals surface area contributed by atoms with Gasteiger partial charge in [0, 0.05) is 38.4 Å². The molecule has 11 aromatic rings. The fourth-order valence-electron chi connectivity index (χ4n) is 7.68. The van der Waals surface area contributed by atoms with Crippen molar-refractivity contribution in [3.63, 3.8) is 0 Å². The highest BCUT2D eigenvalue weighted by molar-refractivity contribution is 6.12. The average Bonchev–Trinajstić information content (AvgIpc) is 3.86. The van der Waals surface area contributed by atoms with Gasteiger partial charge in [-0.2, -0.15) is 0 Å². The van der Waals surface area contributed by atoms with Crippen molar-refractivity contribution in [2.75, 3.05) is 0 Å². The van der Waals surface area contributed by atoms with Gasteiger partial charge in [0.25, 0.3) is 0 Å². The molecular weight excluding hydrogens is 685 g/mol. The SMILES string of the molecule is [2H]c1c([2H])c([2H])c(-c2ccc(-c3nc(-c4ccccc4)nc(-c4cccc5c4oc4cc(-c6ccc7c(c6)c6ccccc6n7-c6ccccc6)ccc45)n3)cc2)c([2H])c1[2H]. The summed E-state index contributed by atoms with van der Waals surface area (Å²) in [7, 11) is 0. The van der Waals surface area contributed by atoms with Gasteiger partial charge in [0.05, 0.1) is 23.5 Å². The normalized spacial score (nSPS) is 12.8. The van der Waals surface area contributed by atoms with E-state index in [-0.39, 0.29) is 29.7 Å². The lowest BCUT2D eigenvalue weighted by molar-refractivity contribution is 0.669. The van der Waals surface area contributed by atoms with E-state index in [2.05, 4.69) is 89.5 Å². The van der Waals surface area contributed by atoms with Crippen LogP contribution in [0.4, 0.5) is 0 Å². The van der Waals surface area contributed by atoms with Gasteiger partial charge in [-0.15, -0.1) is 0 Å². The molecule has 0 saturated carbocycles. The number of benzene rings is 8. The monoisotopic (exact) mass is 721 g/mol. The first-order chi connectivity index (χ1) is 29.8. The van der Waals surface area contributed by atoms with Crippen LogP contribution in [0, 0.1) is 0 Å². The molecule has 0 atom stereocenters. The Morgan fingerprint density at radius 2 is 1.02 bits per heavy atom. The third-order valence-corrected chi connectivity index (χ3v) is 10.4. The van der Waals surface area contributed by atoms with Gasteiger partial charge in [0.1, 0.15) is 11.2 Å². The van der Waals surface area contributed by atoms with Crippen molar-refractivity contribution in [2.45, 2.75) is 0 Å². The van der Waals surface area contributed by atoms with Crippen molar-refractivity contribution in [1.82, 2.24) is 19.5 Å². The molecule has 0 amide bonds. The number of fused-ring (bicyclic) bond motifs is 6. The number of rotatable bonds is 6. The van der Waals surface area contributed by atoms with E-state index in [9.17, 15) is 0 Å². The standard InChI is InChI=1S/C51H32N4O/c1-4-13-33(14-5-1)34-23-25-36(26-24-34)50-52-49(35-15-6-2-7-16-35)53-51(54-50)43-21-12-20-42-41-29-27-38(32-47(41)56-48(42)43)37-28-30-46-44(31-37)40-19-10-11-22-45(40)55(46)39-17-8-3-9-18-39/h1-32H/i1D,4D,5D,13D,14D. The summed E-state index contributed by atoms with van der Waals surface area (Å²) in [6.07, 6.45) is 0. The molecule has 5 heteroatoms. The van der Waals surface area contributed by atoms with Gasteiger partial charge in [-0.25, -0.2) is 15.0 Å². The van der Waals surface area contributed by atoms with E-state index < -0.39 is 6.04 Å². The van der Waals surface area contributed by atoms with Crippen LogP contribution in [0.15, 0.2) is 198 Å². The highest BCUT2D eigenvalue weighted by atomic mass is 16.3. The lowest BCUT2D eigenvalue weighted by Crippen LogP contribution is -2.00. The first kappa shape index (κ1) is 27.0. The van der Waals surface area contributed by atoms with Crippen LogP contribution in [0.3, 0.4) is 0 Å². The number of para-hydroxylation sites is 3. The summed E-state index contributed by atoms with van der Waals surface area (Å²) >= 11 is 0. The fourth-order valence-corrected chi connectivity index (χ4v) is 7.68. The van der Waals surface area contributed by atoms with Crippen molar-refractivity contribution < 1.29 is 11.3 Å². The van der Waals surface area contributed by atoms with Gasteiger partial charge in [0.15, 0.2) is 17.5 Å². The van der Waals surface area contributed by atoms with Crippen molar-refractivity contribution in [2.24, 2.45) is 0 Å². The Labute approximate surface area is 329 Å². The first-order valence-corrected chi connectivity index (χ1v) is 18.4. The molecule has 0 saturated heterocycles. The molecule has 3 heterocycles. The molecule has 3 aromatic heterocycles. The summed E-state index contributed by atoms with van der Waals surface area (Å²) in [6, 6.07) is 53.0. The number of hydrogen-bond acceptors (Lipinski definition) is 4. The first-order valence-electron chi connectivity index (χ1n) is 20.9. The number of nitrogens with zero attached hydrogens (tertiary/aromatic N) is 4. The maximum atomic E-state index is 8.47. The highest BCUT2D eigenvalue weighted by Crippen LogP contribution is 2.39. The summed E-state index contributed by atoms with van der Waals surface area (Å²) < 4.78 is 50.3. The number of furan rings is 1. The molecule has 0 radical (unpaired) electrons. The van der Waals surface area contributed by atoms with Gasteiger partial charge in [0.2, 0.25) is 0 Å². The molecular formula is C51H32N4O. The topological polar surface area (TPSA) is 56.7 Å². The molecule has 0 aliphatic carbocycles. The Balaban J connectivity index is 1.02. The lowest BCUT2D eigenvalue weighted by atomic mass is 10.0. The highest BCUT2D eigenvalue weighted by Gasteiger charge is 2.19. The van der Waals surface area contributed by atoms with E-state index in [1.54, 1.807) is 24.3 Å². The minimum absolute atomic E-state index is 0.134. The van der Waals surface area contributed by atoms with Crippen LogP contribution < -0.4 is 0 Å². The molecule has 0 N–H and O–H groups in total. The molecule has 0 fully saturated rings. The van der Waals surface area contributed by atoms with Gasteiger partial charge >= 0.3 is 0 Å². The number of aromatic nitrogens is 4. The van der Waals surface area contributed by atoms with Crippen LogP contribution in [0.2, 0.25) is 0 Å². The minimum atomic E-state index is -0.428. The predicted octanol–water partition coefficient (Wildman–Crippen LogP) is 13.2. The van der Waals surface area contributed by atoms with Crippen LogP contribution >= 0.6 is 0 Å². The Bertz CT molecular complexity index is 3500. The molecule has 56 heavy (non-hydrogen) atoms. The zero-order chi connectivity index (χ0) is 41.4. The Kier molecular flexibility index (Phi) is 6.29. The summed E-state index contributed by atoms with van der Waals surface area (Å²) in [4.78, 5) is 14.9. The van der Waals surface area contributed by atoms with Crippen molar-refractivity contribution in [3.05, 3.63) is 194 Å². The molecule has 11 rings (SSSR count). The maximum Gasteiger partial charge on any atom is 0.167 e. The zero-order valence-corrected chi connectivity index (χ0v) is 29.8. The minimum Gasteiger partial charge on any atom is -0.455 e. The van der Waals surface area contributed by atoms with E-state index >= 15 is 0 Å². The second-order valence-electron chi connectivity index (χ2n) is 13.7. The molecule has 262 valence electrons. The van der Waals surface area contributed by atoms with Crippen LogP contribution in [-0.4, -0.2) is 19.5 Å². The predicted molar refractivity (Wildman–Crippen MR) is 229 cm³/mol. The summed E-state index contributed by atoms with van der Waals surface area (Å²) in [5.74, 6) is 1.33. The van der Waals surface area contributed by atoms with Crippen molar-refractivity contribution >= 4 is 43.7 Å². The third-order valence-electron chi connectivity index (χ3n) is 10.4. The van der Waals surface area contributed by atoms with E-state index in [1.165, 1.54) is 10.8 Å². The van der Waals surface area contributed by atoms with E-state index in [1.807, 2.05) is 54.6 Å². The van der Waals surface area contributed by atoms with Crippen LogP contribution in [0.25, 0.3) is 106 Å². The molecule has 0 unspecified atom stereocenters. The molecule has 0 aliphatic rings. The van der Waals surface area contributed by atoms with Crippen LogP contribution in [-0.2, 0) is 0 Å². The van der Waals surface area contributed by atoms with Crippen LogP contribution in [0.1, 0.15) is 6.85 Å². The second kappa shape index (κ2) is 13.0. The van der Waals surface area contributed by atoms with Gasteiger partial charge < -0.3 is 8.98 Å². The maximum absolute atomic E-state index is 8.47. The summed E-state index contributed by atoms with van der Waals surface area (Å²) in [5, 5.41) is 4.27. The largest absolute Gasteiger partial charge is 0.455 e. The molecule has 0 spiro atoms. The van der Waals surface area contributed by atoms with Crippen LogP contribution in [0.5, 0.6) is 0 Å². The summed E-state index contributed by atoms with van der Waals surface area (Å²) in [6.45, 7) is 0. The fraction of sp³-hybridized carbons (Fsp3) is 0. The van der Waals surface area contributed by atoms with Gasteiger partial charge in [-0.05, 0) is 70.8 Å². The average molecular weight is 722 g/mol. The molecule has 5 nitrogen and oxygen atoms in total. The Hall–Kier alpha value is -7.63. The Morgan fingerprint density at radius 1 is 0.411 bits per heavy atom. The smallest absolute Gasteiger partial charge is 0.167 e.